The summed E-state index contributed by atoms with van der Waals surface area (Å²) in [6.45, 7) is 1.12. The minimum absolute atomic E-state index is 0.00449. The van der Waals surface area contributed by atoms with Crippen molar-refractivity contribution >= 4 is 38.6 Å². The number of carbonyl (C=O) groups excluding carboxylic acids is 1. The van der Waals surface area contributed by atoms with Crippen LogP contribution in [0.5, 0.6) is 0 Å². The van der Waals surface area contributed by atoms with Gasteiger partial charge in [-0.1, -0.05) is 24.3 Å². The molecule has 5 nitrogen and oxygen atoms in total. The normalized spacial score (nSPS) is 11.4. The first-order chi connectivity index (χ1) is 12.4. The predicted octanol–water partition coefficient (Wildman–Crippen LogP) is 3.23. The summed E-state index contributed by atoms with van der Waals surface area (Å²) < 4.78 is 22.7. The minimum atomic E-state index is -3.73. The fourth-order valence-electron chi connectivity index (χ4n) is 2.50. The molecule has 0 fully saturated rings. The van der Waals surface area contributed by atoms with E-state index in [2.05, 4.69) is 0 Å². The third kappa shape index (κ3) is 5.01. The quantitative estimate of drug-likeness (QED) is 0.654. The highest BCUT2D eigenvalue weighted by Gasteiger charge is 2.17. The van der Waals surface area contributed by atoms with Crippen LogP contribution in [-0.4, -0.2) is 19.2 Å². The summed E-state index contributed by atoms with van der Waals surface area (Å²) in [6.07, 6.45) is 0.210. The summed E-state index contributed by atoms with van der Waals surface area (Å²) in [6, 6.07) is 14.1. The van der Waals surface area contributed by atoms with E-state index in [0.717, 1.165) is 15.3 Å². The van der Waals surface area contributed by atoms with Crippen molar-refractivity contribution < 1.29 is 13.2 Å². The number of amides is 1. The standard InChI is InChI=1S/C18H18N2O3S3/c19-26(22,23)17-7-5-14(6-8-17)11-18(21)20(12-15-3-1-9-24-15)13-16-4-2-10-25-16/h1-10H,11-13H2,(H2,19,22,23). The van der Waals surface area contributed by atoms with Crippen molar-refractivity contribution in [2.75, 3.05) is 0 Å². The Morgan fingerprint density at radius 2 is 1.46 bits per heavy atom. The Bertz CT molecular complexity index is 912. The van der Waals surface area contributed by atoms with Crippen LogP contribution >= 0.6 is 22.7 Å². The zero-order chi connectivity index (χ0) is 18.6. The van der Waals surface area contributed by atoms with Gasteiger partial charge in [0.25, 0.3) is 0 Å². The second-order valence-electron chi connectivity index (χ2n) is 5.77. The van der Waals surface area contributed by atoms with Crippen LogP contribution in [-0.2, 0) is 34.3 Å². The monoisotopic (exact) mass is 406 g/mol. The molecule has 3 aromatic rings. The summed E-state index contributed by atoms with van der Waals surface area (Å²) in [5, 5.41) is 9.10. The Labute approximate surface area is 160 Å². The highest BCUT2D eigenvalue weighted by atomic mass is 32.2. The number of rotatable bonds is 7. The third-order valence-corrected chi connectivity index (χ3v) is 6.47. The Balaban J connectivity index is 1.74. The molecule has 26 heavy (non-hydrogen) atoms. The third-order valence-electron chi connectivity index (χ3n) is 3.81. The molecule has 0 radical (unpaired) electrons. The van der Waals surface area contributed by atoms with Crippen LogP contribution in [0.4, 0.5) is 0 Å². The number of nitrogens with two attached hydrogens (primary N) is 1. The maximum absolute atomic E-state index is 12.8. The molecule has 0 aliphatic carbocycles. The van der Waals surface area contributed by atoms with Crippen molar-refractivity contribution in [1.82, 2.24) is 4.90 Å². The van der Waals surface area contributed by atoms with Crippen LogP contribution in [0.2, 0.25) is 0 Å². The van der Waals surface area contributed by atoms with E-state index in [1.54, 1.807) is 34.8 Å². The van der Waals surface area contributed by atoms with Crippen LogP contribution in [0.3, 0.4) is 0 Å². The molecule has 0 aliphatic heterocycles. The fraction of sp³-hybridized carbons (Fsp3) is 0.167. The molecule has 2 aromatic heterocycles. The molecule has 0 bridgehead atoms. The molecule has 0 spiro atoms. The number of thiophene rings is 2. The van der Waals surface area contributed by atoms with Gasteiger partial charge in [0.05, 0.1) is 24.4 Å². The van der Waals surface area contributed by atoms with Crippen LogP contribution in [0.25, 0.3) is 0 Å². The van der Waals surface area contributed by atoms with Crippen LogP contribution in [0.15, 0.2) is 64.2 Å². The van der Waals surface area contributed by atoms with E-state index >= 15 is 0 Å². The first-order valence-corrected chi connectivity index (χ1v) is 11.2. The molecule has 136 valence electrons. The highest BCUT2D eigenvalue weighted by Crippen LogP contribution is 2.19. The van der Waals surface area contributed by atoms with E-state index in [0.29, 0.717) is 13.1 Å². The van der Waals surface area contributed by atoms with E-state index in [1.165, 1.54) is 12.1 Å². The van der Waals surface area contributed by atoms with Crippen molar-refractivity contribution in [1.29, 1.82) is 0 Å². The van der Waals surface area contributed by atoms with Crippen molar-refractivity contribution in [3.05, 3.63) is 74.6 Å². The summed E-state index contributed by atoms with van der Waals surface area (Å²) in [4.78, 5) is 17.0. The van der Waals surface area contributed by atoms with Crippen molar-refractivity contribution in [2.24, 2.45) is 5.14 Å². The molecule has 8 heteroatoms. The lowest BCUT2D eigenvalue weighted by molar-refractivity contribution is -0.131. The molecule has 2 heterocycles. The lowest BCUT2D eigenvalue weighted by Gasteiger charge is -2.22. The van der Waals surface area contributed by atoms with E-state index in [9.17, 15) is 13.2 Å². The van der Waals surface area contributed by atoms with Crippen molar-refractivity contribution in [3.63, 3.8) is 0 Å². The van der Waals surface area contributed by atoms with E-state index < -0.39 is 10.0 Å². The average molecular weight is 407 g/mol. The van der Waals surface area contributed by atoms with Crippen molar-refractivity contribution in [3.8, 4) is 0 Å². The van der Waals surface area contributed by atoms with Gasteiger partial charge in [-0.2, -0.15) is 0 Å². The lowest BCUT2D eigenvalue weighted by atomic mass is 10.1. The summed E-state index contributed by atoms with van der Waals surface area (Å²) in [7, 11) is -3.73. The molecule has 3 rings (SSSR count). The number of hydrogen-bond acceptors (Lipinski definition) is 5. The Kier molecular flexibility index (Phi) is 5.87. The summed E-state index contributed by atoms with van der Waals surface area (Å²) >= 11 is 3.24. The van der Waals surface area contributed by atoms with Gasteiger partial charge in [0.2, 0.25) is 15.9 Å². The van der Waals surface area contributed by atoms with Gasteiger partial charge in [-0.15, -0.1) is 22.7 Å². The predicted molar refractivity (Wildman–Crippen MR) is 104 cm³/mol. The van der Waals surface area contributed by atoms with Gasteiger partial charge in [0.15, 0.2) is 0 Å². The van der Waals surface area contributed by atoms with Gasteiger partial charge in [-0.25, -0.2) is 13.6 Å². The van der Waals surface area contributed by atoms with Crippen LogP contribution in [0, 0.1) is 0 Å². The van der Waals surface area contributed by atoms with E-state index in [-0.39, 0.29) is 17.2 Å². The minimum Gasteiger partial charge on any atom is -0.332 e. The summed E-state index contributed by atoms with van der Waals surface area (Å²) in [5.41, 5.74) is 0.754. The Morgan fingerprint density at radius 1 is 0.923 bits per heavy atom. The number of primary sulfonamides is 1. The van der Waals surface area contributed by atoms with Gasteiger partial charge in [-0.3, -0.25) is 4.79 Å². The molecular weight excluding hydrogens is 388 g/mol. The molecule has 1 amide bonds. The first kappa shape index (κ1) is 18.8. The lowest BCUT2D eigenvalue weighted by Crippen LogP contribution is -2.30. The number of carbonyl (C=O) groups is 1. The van der Waals surface area contributed by atoms with Crippen LogP contribution in [0.1, 0.15) is 15.3 Å². The van der Waals surface area contributed by atoms with Gasteiger partial charge in [0.1, 0.15) is 0 Å². The zero-order valence-electron chi connectivity index (χ0n) is 13.9. The van der Waals surface area contributed by atoms with Gasteiger partial charge in [0, 0.05) is 9.75 Å². The maximum atomic E-state index is 12.8. The number of sulfonamides is 1. The van der Waals surface area contributed by atoms with Gasteiger partial charge in [-0.05, 0) is 40.6 Å². The SMILES string of the molecule is NS(=O)(=O)c1ccc(CC(=O)N(Cc2cccs2)Cc2cccs2)cc1. The first-order valence-electron chi connectivity index (χ1n) is 7.86. The number of hydrogen-bond donors (Lipinski definition) is 1. The molecule has 0 unspecified atom stereocenters. The van der Waals surface area contributed by atoms with Gasteiger partial charge >= 0.3 is 0 Å². The van der Waals surface area contributed by atoms with E-state index in [4.69, 9.17) is 5.14 Å². The maximum Gasteiger partial charge on any atom is 0.238 e. The molecular formula is C18H18N2O3S3. The van der Waals surface area contributed by atoms with Crippen molar-refractivity contribution in [2.45, 2.75) is 24.4 Å². The Morgan fingerprint density at radius 3 is 1.88 bits per heavy atom. The number of nitrogens with zero attached hydrogens (tertiary/aromatic N) is 1. The molecule has 0 atom stereocenters. The molecule has 0 saturated carbocycles. The molecule has 1 aromatic carbocycles. The second-order valence-corrected chi connectivity index (χ2v) is 9.40. The van der Waals surface area contributed by atoms with E-state index in [1.807, 2.05) is 39.9 Å². The highest BCUT2D eigenvalue weighted by molar-refractivity contribution is 7.89. The van der Waals surface area contributed by atoms with Gasteiger partial charge < -0.3 is 4.90 Å². The zero-order valence-corrected chi connectivity index (χ0v) is 16.3. The number of benzene rings is 1. The Hall–Kier alpha value is -2.00. The molecule has 2 N–H and O–H groups in total. The molecule has 0 aliphatic rings. The fourth-order valence-corrected chi connectivity index (χ4v) is 4.45. The molecule has 0 saturated heterocycles. The average Bonchev–Trinajstić information content (AvgIpc) is 3.28. The van der Waals surface area contributed by atoms with Crippen LogP contribution < -0.4 is 5.14 Å². The topological polar surface area (TPSA) is 80.5 Å². The smallest absolute Gasteiger partial charge is 0.238 e. The largest absolute Gasteiger partial charge is 0.332 e. The summed E-state index contributed by atoms with van der Waals surface area (Å²) in [5.74, 6) is -0.00449. The second kappa shape index (κ2) is 8.13.